The highest BCUT2D eigenvalue weighted by Gasteiger charge is 2.05. The second kappa shape index (κ2) is 8.71. The summed E-state index contributed by atoms with van der Waals surface area (Å²) in [4.78, 5) is 18.0. The standard InChI is InChI=1S/C17H22N4O3/c1-4-5-8-24-14-7-6-13(10-15(14)23-3)11-18-21-17-19-12(2)9-16(22)20-17/h6-7,9-11H,4-5,8H2,1-3H3,(H2,19,20,21,22)/b18-11-. The lowest BCUT2D eigenvalue weighted by atomic mass is 10.2. The zero-order valence-corrected chi connectivity index (χ0v) is 14.1. The van der Waals surface area contributed by atoms with Gasteiger partial charge in [0.25, 0.3) is 5.56 Å². The van der Waals surface area contributed by atoms with Crippen molar-refractivity contribution in [2.75, 3.05) is 19.1 Å². The van der Waals surface area contributed by atoms with Crippen molar-refractivity contribution in [3.63, 3.8) is 0 Å². The van der Waals surface area contributed by atoms with Crippen LogP contribution in [0.3, 0.4) is 0 Å². The Morgan fingerprint density at radius 1 is 1.33 bits per heavy atom. The number of H-pyrrole nitrogens is 1. The van der Waals surface area contributed by atoms with Gasteiger partial charge in [0.2, 0.25) is 5.95 Å². The first kappa shape index (κ1) is 17.5. The van der Waals surface area contributed by atoms with Gasteiger partial charge >= 0.3 is 0 Å². The molecule has 0 spiro atoms. The summed E-state index contributed by atoms with van der Waals surface area (Å²) in [5.41, 5.74) is 3.92. The van der Waals surface area contributed by atoms with Crippen LogP contribution < -0.4 is 20.5 Å². The first-order valence-corrected chi connectivity index (χ1v) is 7.80. The van der Waals surface area contributed by atoms with Crippen LogP contribution in [0.4, 0.5) is 5.95 Å². The number of methoxy groups -OCH3 is 1. The predicted molar refractivity (Wildman–Crippen MR) is 94.2 cm³/mol. The molecule has 0 saturated carbocycles. The molecule has 0 bridgehead atoms. The average Bonchev–Trinajstić information content (AvgIpc) is 2.55. The predicted octanol–water partition coefficient (Wildman–Crippen LogP) is 2.71. The minimum absolute atomic E-state index is 0.226. The van der Waals surface area contributed by atoms with E-state index in [2.05, 4.69) is 27.4 Å². The van der Waals surface area contributed by atoms with E-state index in [1.54, 1.807) is 20.2 Å². The van der Waals surface area contributed by atoms with Gasteiger partial charge in [0.05, 0.1) is 19.9 Å². The molecular formula is C17H22N4O3. The molecule has 7 heteroatoms. The van der Waals surface area contributed by atoms with Crippen LogP contribution in [-0.4, -0.2) is 29.9 Å². The number of nitrogens with zero attached hydrogens (tertiary/aromatic N) is 2. The smallest absolute Gasteiger partial charge is 0.252 e. The SMILES string of the molecule is CCCCOc1ccc(/C=N\Nc2nc(C)cc(=O)[nH]2)cc1OC. The van der Waals surface area contributed by atoms with Gasteiger partial charge in [-0.2, -0.15) is 5.10 Å². The Labute approximate surface area is 140 Å². The van der Waals surface area contributed by atoms with E-state index in [0.29, 0.717) is 29.7 Å². The summed E-state index contributed by atoms with van der Waals surface area (Å²) in [5.74, 6) is 1.65. The van der Waals surface area contributed by atoms with Gasteiger partial charge in [0.1, 0.15) is 0 Å². The van der Waals surface area contributed by atoms with E-state index < -0.39 is 0 Å². The monoisotopic (exact) mass is 330 g/mol. The fourth-order valence-corrected chi connectivity index (χ4v) is 2.01. The summed E-state index contributed by atoms with van der Waals surface area (Å²) in [6.45, 7) is 4.52. The molecule has 0 aliphatic carbocycles. The van der Waals surface area contributed by atoms with E-state index >= 15 is 0 Å². The molecule has 2 rings (SSSR count). The number of hydrogen-bond donors (Lipinski definition) is 2. The van der Waals surface area contributed by atoms with Crippen LogP contribution in [0.2, 0.25) is 0 Å². The van der Waals surface area contributed by atoms with Crippen LogP contribution in [0.15, 0.2) is 34.2 Å². The molecule has 0 fully saturated rings. The van der Waals surface area contributed by atoms with Gasteiger partial charge in [-0.05, 0) is 37.1 Å². The van der Waals surface area contributed by atoms with Crippen molar-refractivity contribution in [2.24, 2.45) is 5.10 Å². The highest BCUT2D eigenvalue weighted by atomic mass is 16.5. The van der Waals surface area contributed by atoms with Crippen molar-refractivity contribution >= 4 is 12.2 Å². The molecule has 0 atom stereocenters. The van der Waals surface area contributed by atoms with E-state index in [-0.39, 0.29) is 5.56 Å². The van der Waals surface area contributed by atoms with Gasteiger partial charge < -0.3 is 9.47 Å². The Bertz CT molecular complexity index is 756. The molecule has 0 saturated heterocycles. The van der Waals surface area contributed by atoms with Crippen LogP contribution in [0, 0.1) is 6.92 Å². The third-order valence-corrected chi connectivity index (χ3v) is 3.20. The molecular weight excluding hydrogens is 308 g/mol. The first-order valence-electron chi connectivity index (χ1n) is 7.80. The lowest BCUT2D eigenvalue weighted by Gasteiger charge is -2.10. The number of aromatic nitrogens is 2. The summed E-state index contributed by atoms with van der Waals surface area (Å²) in [6.07, 6.45) is 3.69. The zero-order valence-electron chi connectivity index (χ0n) is 14.1. The van der Waals surface area contributed by atoms with Crippen LogP contribution in [0.5, 0.6) is 11.5 Å². The quantitative estimate of drug-likeness (QED) is 0.441. The first-order chi connectivity index (χ1) is 11.6. The van der Waals surface area contributed by atoms with Crippen molar-refractivity contribution in [2.45, 2.75) is 26.7 Å². The lowest BCUT2D eigenvalue weighted by molar-refractivity contribution is 0.288. The van der Waals surface area contributed by atoms with Crippen molar-refractivity contribution in [3.05, 3.63) is 45.9 Å². The minimum atomic E-state index is -0.226. The second-order valence-electron chi connectivity index (χ2n) is 5.22. The van der Waals surface area contributed by atoms with Gasteiger partial charge in [-0.25, -0.2) is 10.4 Å². The fraction of sp³-hybridized carbons (Fsp3) is 0.353. The van der Waals surface area contributed by atoms with E-state index in [1.165, 1.54) is 6.07 Å². The highest BCUT2D eigenvalue weighted by molar-refractivity contribution is 5.81. The minimum Gasteiger partial charge on any atom is -0.493 e. The third-order valence-electron chi connectivity index (χ3n) is 3.20. The lowest BCUT2D eigenvalue weighted by Crippen LogP contribution is -2.10. The van der Waals surface area contributed by atoms with Crippen LogP contribution in [0.25, 0.3) is 0 Å². The summed E-state index contributed by atoms with van der Waals surface area (Å²) >= 11 is 0. The Kier molecular flexibility index (Phi) is 6.36. The molecule has 0 radical (unpaired) electrons. The Hall–Kier alpha value is -2.83. The number of benzene rings is 1. The molecule has 1 aromatic carbocycles. The summed E-state index contributed by atoms with van der Waals surface area (Å²) in [7, 11) is 1.60. The number of aromatic amines is 1. The molecule has 1 heterocycles. The topological polar surface area (TPSA) is 88.6 Å². The fourth-order valence-electron chi connectivity index (χ4n) is 2.01. The summed E-state index contributed by atoms with van der Waals surface area (Å²) in [5, 5.41) is 4.07. The van der Waals surface area contributed by atoms with E-state index in [1.807, 2.05) is 18.2 Å². The van der Waals surface area contributed by atoms with Crippen molar-refractivity contribution in [3.8, 4) is 11.5 Å². The highest BCUT2D eigenvalue weighted by Crippen LogP contribution is 2.27. The van der Waals surface area contributed by atoms with E-state index in [0.717, 1.165) is 18.4 Å². The molecule has 7 nitrogen and oxygen atoms in total. The Morgan fingerprint density at radius 3 is 2.88 bits per heavy atom. The number of hydrazone groups is 1. The summed E-state index contributed by atoms with van der Waals surface area (Å²) < 4.78 is 11.0. The van der Waals surface area contributed by atoms with Gasteiger partial charge in [0.15, 0.2) is 11.5 Å². The van der Waals surface area contributed by atoms with Crippen molar-refractivity contribution in [1.82, 2.24) is 9.97 Å². The van der Waals surface area contributed by atoms with Crippen LogP contribution >= 0.6 is 0 Å². The molecule has 2 aromatic rings. The van der Waals surface area contributed by atoms with Crippen LogP contribution in [0.1, 0.15) is 31.0 Å². The molecule has 24 heavy (non-hydrogen) atoms. The zero-order chi connectivity index (χ0) is 17.4. The second-order valence-corrected chi connectivity index (χ2v) is 5.22. The number of unbranched alkanes of at least 4 members (excludes halogenated alkanes) is 1. The van der Waals surface area contributed by atoms with Gasteiger partial charge in [-0.1, -0.05) is 13.3 Å². The largest absolute Gasteiger partial charge is 0.493 e. The van der Waals surface area contributed by atoms with Gasteiger partial charge in [0, 0.05) is 11.8 Å². The summed E-state index contributed by atoms with van der Waals surface area (Å²) in [6, 6.07) is 6.97. The van der Waals surface area contributed by atoms with Gasteiger partial charge in [-0.3, -0.25) is 9.78 Å². The number of aryl methyl sites for hydroxylation is 1. The normalized spacial score (nSPS) is 10.8. The maximum Gasteiger partial charge on any atom is 0.252 e. The molecule has 0 unspecified atom stereocenters. The number of anilines is 1. The third kappa shape index (κ3) is 5.12. The number of hydrogen-bond acceptors (Lipinski definition) is 6. The Morgan fingerprint density at radius 2 is 2.17 bits per heavy atom. The Balaban J connectivity index is 2.04. The molecule has 0 amide bonds. The molecule has 1 aromatic heterocycles. The van der Waals surface area contributed by atoms with Crippen molar-refractivity contribution < 1.29 is 9.47 Å². The molecule has 128 valence electrons. The van der Waals surface area contributed by atoms with Crippen LogP contribution in [-0.2, 0) is 0 Å². The maximum absolute atomic E-state index is 11.4. The molecule has 0 aliphatic rings. The van der Waals surface area contributed by atoms with Gasteiger partial charge in [-0.15, -0.1) is 0 Å². The van der Waals surface area contributed by atoms with Crippen molar-refractivity contribution in [1.29, 1.82) is 0 Å². The number of ether oxygens (including phenoxy) is 2. The van der Waals surface area contributed by atoms with E-state index in [4.69, 9.17) is 9.47 Å². The number of rotatable bonds is 8. The number of nitrogens with one attached hydrogen (secondary N) is 2. The molecule has 0 aliphatic heterocycles. The maximum atomic E-state index is 11.4. The van der Waals surface area contributed by atoms with E-state index in [9.17, 15) is 4.79 Å². The molecule has 2 N–H and O–H groups in total. The average molecular weight is 330 g/mol.